The van der Waals surface area contributed by atoms with Crippen LogP contribution in [0.25, 0.3) is 0 Å². The molecule has 3 N–H and O–H groups in total. The van der Waals surface area contributed by atoms with E-state index in [1.807, 2.05) is 0 Å². The lowest BCUT2D eigenvalue weighted by Gasteiger charge is -2.09. The van der Waals surface area contributed by atoms with E-state index in [1.165, 1.54) is 10.6 Å². The molecule has 0 aliphatic heterocycles. The van der Waals surface area contributed by atoms with Gasteiger partial charge < -0.3 is 20.2 Å². The van der Waals surface area contributed by atoms with Crippen LogP contribution in [0.1, 0.15) is 25.8 Å². The fraction of sp³-hybridized carbons (Fsp3) is 0.538. The molecule has 1 heterocycles. The van der Waals surface area contributed by atoms with E-state index in [1.54, 1.807) is 12.3 Å². The summed E-state index contributed by atoms with van der Waals surface area (Å²) in [7, 11) is 0. The van der Waals surface area contributed by atoms with E-state index in [-0.39, 0.29) is 17.0 Å². The Balaban J connectivity index is 2.58. The van der Waals surface area contributed by atoms with Crippen molar-refractivity contribution < 1.29 is 9.94 Å². The quantitative estimate of drug-likeness (QED) is 0.253. The van der Waals surface area contributed by atoms with Gasteiger partial charge in [0, 0.05) is 19.3 Å². The standard InChI is InChI=1S/C13H21N3O3/c1-10(2)5-8-19-9-7-16-6-3-4-11(13(16)17)12(14)15-18/h3-4,6,10,18H,5,7-9H2,1-2H3,(H2,14,15). The van der Waals surface area contributed by atoms with Crippen molar-refractivity contribution >= 4 is 5.84 Å². The lowest BCUT2D eigenvalue weighted by Crippen LogP contribution is -2.30. The highest BCUT2D eigenvalue weighted by Gasteiger charge is 2.07. The highest BCUT2D eigenvalue weighted by molar-refractivity contribution is 5.96. The van der Waals surface area contributed by atoms with Crippen LogP contribution in [0.4, 0.5) is 0 Å². The van der Waals surface area contributed by atoms with Gasteiger partial charge in [-0.25, -0.2) is 0 Å². The average Bonchev–Trinajstić information content (AvgIpc) is 2.39. The average molecular weight is 267 g/mol. The number of nitrogens with zero attached hydrogens (tertiary/aromatic N) is 2. The van der Waals surface area contributed by atoms with Gasteiger partial charge in [-0.15, -0.1) is 0 Å². The van der Waals surface area contributed by atoms with Crippen LogP contribution in [0.2, 0.25) is 0 Å². The van der Waals surface area contributed by atoms with Crippen molar-refractivity contribution in [3.05, 3.63) is 34.2 Å². The number of ether oxygens (including phenoxy) is 1. The second-order valence-corrected chi connectivity index (χ2v) is 4.70. The lowest BCUT2D eigenvalue weighted by molar-refractivity contribution is 0.115. The predicted octanol–water partition coefficient (Wildman–Crippen LogP) is 1.01. The molecule has 0 saturated carbocycles. The van der Waals surface area contributed by atoms with Gasteiger partial charge in [-0.2, -0.15) is 0 Å². The van der Waals surface area contributed by atoms with Gasteiger partial charge in [0.05, 0.1) is 12.2 Å². The summed E-state index contributed by atoms with van der Waals surface area (Å²) in [5.74, 6) is 0.423. The largest absolute Gasteiger partial charge is 0.409 e. The summed E-state index contributed by atoms with van der Waals surface area (Å²) >= 11 is 0. The Morgan fingerprint density at radius 3 is 2.89 bits per heavy atom. The number of oxime groups is 1. The Kier molecular flexibility index (Phi) is 6.08. The zero-order valence-corrected chi connectivity index (χ0v) is 11.4. The number of hydrogen-bond donors (Lipinski definition) is 2. The summed E-state index contributed by atoms with van der Waals surface area (Å²) < 4.78 is 6.95. The van der Waals surface area contributed by atoms with Crippen molar-refractivity contribution in [2.75, 3.05) is 13.2 Å². The molecule has 0 amide bonds. The Morgan fingerprint density at radius 2 is 2.26 bits per heavy atom. The van der Waals surface area contributed by atoms with Gasteiger partial charge in [-0.05, 0) is 24.5 Å². The SMILES string of the molecule is CC(C)CCOCCn1cccc(/C(N)=N/O)c1=O. The maximum absolute atomic E-state index is 12.0. The van der Waals surface area contributed by atoms with Crippen molar-refractivity contribution in [1.29, 1.82) is 0 Å². The minimum absolute atomic E-state index is 0.180. The molecule has 0 atom stereocenters. The van der Waals surface area contributed by atoms with Crippen LogP contribution in [0, 0.1) is 5.92 Å². The van der Waals surface area contributed by atoms with E-state index in [0.29, 0.717) is 25.7 Å². The van der Waals surface area contributed by atoms with Crippen LogP contribution >= 0.6 is 0 Å². The summed E-state index contributed by atoms with van der Waals surface area (Å²) in [6, 6.07) is 3.20. The number of pyridine rings is 1. The van der Waals surface area contributed by atoms with Gasteiger partial charge in [0.2, 0.25) is 0 Å². The molecular formula is C13H21N3O3. The molecule has 6 nitrogen and oxygen atoms in total. The third kappa shape index (κ3) is 4.75. The molecule has 1 aromatic rings. The number of rotatable bonds is 7. The molecule has 0 aromatic carbocycles. The molecule has 0 unspecified atom stereocenters. The highest BCUT2D eigenvalue weighted by Crippen LogP contribution is 1.99. The third-order valence-corrected chi connectivity index (χ3v) is 2.72. The van der Waals surface area contributed by atoms with Crippen LogP contribution in [-0.4, -0.2) is 28.8 Å². The Hall–Kier alpha value is -1.82. The molecule has 0 radical (unpaired) electrons. The first-order chi connectivity index (χ1) is 9.06. The molecule has 0 aliphatic carbocycles. The molecule has 0 aliphatic rings. The minimum atomic E-state index is -0.287. The molecule has 0 fully saturated rings. The van der Waals surface area contributed by atoms with Crippen LogP contribution in [0.15, 0.2) is 28.3 Å². The molecule has 6 heteroatoms. The monoisotopic (exact) mass is 267 g/mol. The van der Waals surface area contributed by atoms with E-state index in [2.05, 4.69) is 19.0 Å². The van der Waals surface area contributed by atoms with Crippen molar-refractivity contribution in [1.82, 2.24) is 4.57 Å². The second-order valence-electron chi connectivity index (χ2n) is 4.70. The van der Waals surface area contributed by atoms with Crippen molar-refractivity contribution in [3.8, 4) is 0 Å². The summed E-state index contributed by atoms with van der Waals surface area (Å²) in [6.07, 6.45) is 2.65. The van der Waals surface area contributed by atoms with E-state index in [0.717, 1.165) is 6.42 Å². The molecule has 1 aromatic heterocycles. The zero-order valence-electron chi connectivity index (χ0n) is 11.4. The molecular weight excluding hydrogens is 246 g/mol. The molecule has 1 rings (SSSR count). The summed E-state index contributed by atoms with van der Waals surface area (Å²) in [4.78, 5) is 12.0. The second kappa shape index (κ2) is 7.58. The zero-order chi connectivity index (χ0) is 14.3. The smallest absolute Gasteiger partial charge is 0.261 e. The molecule has 0 saturated heterocycles. The van der Waals surface area contributed by atoms with Crippen LogP contribution in [0.3, 0.4) is 0 Å². The first-order valence-electron chi connectivity index (χ1n) is 6.31. The van der Waals surface area contributed by atoms with Gasteiger partial charge in [-0.3, -0.25) is 4.79 Å². The normalized spacial score (nSPS) is 12.1. The summed E-state index contributed by atoms with van der Waals surface area (Å²) in [5, 5.41) is 11.4. The Bertz CT molecular complexity index is 480. The fourth-order valence-electron chi connectivity index (χ4n) is 1.55. The van der Waals surface area contributed by atoms with Gasteiger partial charge in [0.1, 0.15) is 0 Å². The number of amidine groups is 1. The number of nitrogens with two attached hydrogens (primary N) is 1. The van der Waals surface area contributed by atoms with Crippen molar-refractivity contribution in [3.63, 3.8) is 0 Å². The number of hydrogen-bond acceptors (Lipinski definition) is 4. The summed E-state index contributed by atoms with van der Waals surface area (Å²) in [5.41, 5.74) is 5.33. The first kappa shape index (κ1) is 15.2. The fourth-order valence-corrected chi connectivity index (χ4v) is 1.55. The Morgan fingerprint density at radius 1 is 1.53 bits per heavy atom. The predicted molar refractivity (Wildman–Crippen MR) is 73.5 cm³/mol. The van der Waals surface area contributed by atoms with Crippen LogP contribution < -0.4 is 11.3 Å². The van der Waals surface area contributed by atoms with E-state index in [4.69, 9.17) is 15.7 Å². The van der Waals surface area contributed by atoms with Crippen LogP contribution in [-0.2, 0) is 11.3 Å². The minimum Gasteiger partial charge on any atom is -0.409 e. The van der Waals surface area contributed by atoms with E-state index >= 15 is 0 Å². The highest BCUT2D eigenvalue weighted by atomic mass is 16.5. The maximum Gasteiger partial charge on any atom is 0.261 e. The van der Waals surface area contributed by atoms with E-state index in [9.17, 15) is 4.79 Å². The van der Waals surface area contributed by atoms with Gasteiger partial charge in [0.15, 0.2) is 5.84 Å². The summed E-state index contributed by atoms with van der Waals surface area (Å²) in [6.45, 7) is 5.87. The van der Waals surface area contributed by atoms with Crippen molar-refractivity contribution in [2.45, 2.75) is 26.8 Å². The first-order valence-corrected chi connectivity index (χ1v) is 6.31. The van der Waals surface area contributed by atoms with Gasteiger partial charge in [0.25, 0.3) is 5.56 Å². The molecule has 19 heavy (non-hydrogen) atoms. The van der Waals surface area contributed by atoms with Crippen LogP contribution in [0.5, 0.6) is 0 Å². The van der Waals surface area contributed by atoms with Gasteiger partial charge in [-0.1, -0.05) is 19.0 Å². The topological polar surface area (TPSA) is 89.8 Å². The lowest BCUT2D eigenvalue weighted by atomic mass is 10.1. The van der Waals surface area contributed by atoms with Gasteiger partial charge >= 0.3 is 0 Å². The molecule has 0 spiro atoms. The number of aromatic nitrogens is 1. The van der Waals surface area contributed by atoms with E-state index < -0.39 is 0 Å². The maximum atomic E-state index is 12.0. The third-order valence-electron chi connectivity index (χ3n) is 2.72. The molecule has 0 bridgehead atoms. The van der Waals surface area contributed by atoms with Crippen molar-refractivity contribution in [2.24, 2.45) is 16.8 Å². The molecule has 106 valence electrons. The Labute approximate surface area is 112 Å².